The third kappa shape index (κ3) is 4.93. The summed E-state index contributed by atoms with van der Waals surface area (Å²) in [7, 11) is 0. The van der Waals surface area contributed by atoms with Gasteiger partial charge in [0.25, 0.3) is 0 Å². The van der Waals surface area contributed by atoms with Crippen LogP contribution in [0.3, 0.4) is 0 Å². The zero-order valence-electron chi connectivity index (χ0n) is 10.6. The maximum atomic E-state index is 10.00. The highest BCUT2D eigenvalue weighted by Crippen LogP contribution is 2.25. The molecule has 0 bridgehead atoms. The normalized spacial score (nSPS) is 18.3. The first kappa shape index (κ1) is 15.1. The quantitative estimate of drug-likeness (QED) is 0.855. The molecule has 0 aliphatic carbocycles. The second kappa shape index (κ2) is 7.45. The van der Waals surface area contributed by atoms with E-state index in [0.717, 1.165) is 36.5 Å². The first-order chi connectivity index (χ1) is 9.15. The first-order valence-electron chi connectivity index (χ1n) is 6.32. The van der Waals surface area contributed by atoms with Gasteiger partial charge >= 0.3 is 0 Å². The lowest BCUT2D eigenvalue weighted by Gasteiger charge is -2.28. The van der Waals surface area contributed by atoms with Gasteiger partial charge in [-0.05, 0) is 34.1 Å². The molecule has 0 aromatic heterocycles. The fourth-order valence-corrected chi connectivity index (χ4v) is 2.42. The van der Waals surface area contributed by atoms with E-state index in [9.17, 15) is 5.11 Å². The van der Waals surface area contributed by atoms with Crippen molar-refractivity contribution < 1.29 is 9.84 Å². The Balaban J connectivity index is 1.75. The van der Waals surface area contributed by atoms with E-state index in [2.05, 4.69) is 26.1 Å². The van der Waals surface area contributed by atoms with Crippen molar-refractivity contribution in [2.45, 2.75) is 6.10 Å². The van der Waals surface area contributed by atoms with E-state index in [1.54, 1.807) is 0 Å². The molecule has 1 unspecified atom stereocenters. The van der Waals surface area contributed by atoms with Crippen molar-refractivity contribution in [2.24, 2.45) is 0 Å². The molecular weight excluding hydrogens is 332 g/mol. The third-order valence-corrected chi connectivity index (χ3v) is 4.27. The summed E-state index contributed by atoms with van der Waals surface area (Å²) in [6.07, 6.45) is -0.402. The summed E-state index contributed by atoms with van der Waals surface area (Å²) in [4.78, 5) is 2.21. The number of hydrogen-bond acceptors (Lipinski definition) is 4. The number of ether oxygens (including phenoxy) is 1. The van der Waals surface area contributed by atoms with E-state index < -0.39 is 6.10 Å². The van der Waals surface area contributed by atoms with Gasteiger partial charge in [-0.3, -0.25) is 4.90 Å². The lowest BCUT2D eigenvalue weighted by molar-refractivity contribution is 0.0171. The van der Waals surface area contributed by atoms with Crippen LogP contribution in [0.25, 0.3) is 0 Å². The predicted molar refractivity (Wildman–Crippen MR) is 80.9 cm³/mol. The van der Waals surface area contributed by atoms with Crippen LogP contribution in [0.1, 0.15) is 0 Å². The largest absolute Gasteiger partial charge is 0.390 e. The Morgan fingerprint density at radius 2 is 2.16 bits per heavy atom. The fourth-order valence-electron chi connectivity index (χ4n) is 1.99. The monoisotopic (exact) mass is 348 g/mol. The zero-order chi connectivity index (χ0) is 13.7. The van der Waals surface area contributed by atoms with Crippen LogP contribution < -0.4 is 5.32 Å². The number of aliphatic hydroxyl groups excluding tert-OH is 1. The standard InChI is InChI=1S/C13H18BrClN2O2/c14-12-2-1-10(7-13(12)15)16-8-11(18)9-17-3-5-19-6-4-17/h1-2,7,11,16,18H,3-6,8-9H2. The summed E-state index contributed by atoms with van der Waals surface area (Å²) in [5.41, 5.74) is 0.911. The molecule has 1 atom stereocenters. The van der Waals surface area contributed by atoms with Gasteiger partial charge in [0, 0.05) is 36.3 Å². The molecule has 2 rings (SSSR count). The molecule has 6 heteroatoms. The first-order valence-corrected chi connectivity index (χ1v) is 7.49. The average molecular weight is 350 g/mol. The minimum atomic E-state index is -0.402. The van der Waals surface area contributed by atoms with Crippen LogP contribution >= 0.6 is 27.5 Å². The number of benzene rings is 1. The number of anilines is 1. The molecule has 1 aromatic rings. The van der Waals surface area contributed by atoms with Gasteiger partial charge in [-0.15, -0.1) is 0 Å². The molecule has 0 amide bonds. The van der Waals surface area contributed by atoms with Gasteiger partial charge in [0.15, 0.2) is 0 Å². The van der Waals surface area contributed by atoms with Gasteiger partial charge < -0.3 is 15.2 Å². The Labute approximate surface area is 126 Å². The number of halogens is 2. The molecule has 0 saturated carbocycles. The van der Waals surface area contributed by atoms with Gasteiger partial charge in [0.1, 0.15) is 0 Å². The number of nitrogens with one attached hydrogen (secondary N) is 1. The van der Waals surface area contributed by atoms with Crippen LogP contribution in [-0.4, -0.2) is 55.5 Å². The second-order valence-electron chi connectivity index (χ2n) is 4.58. The lowest BCUT2D eigenvalue weighted by Crippen LogP contribution is -2.42. The SMILES string of the molecule is OC(CNc1ccc(Br)c(Cl)c1)CN1CCOCC1. The van der Waals surface area contributed by atoms with Crippen LogP contribution in [0.2, 0.25) is 5.02 Å². The summed E-state index contributed by atoms with van der Waals surface area (Å²) in [6, 6.07) is 5.66. The molecule has 106 valence electrons. The summed E-state index contributed by atoms with van der Waals surface area (Å²) in [5.74, 6) is 0. The highest BCUT2D eigenvalue weighted by Gasteiger charge is 2.14. The molecule has 1 saturated heterocycles. The maximum Gasteiger partial charge on any atom is 0.0839 e. The summed E-state index contributed by atoms with van der Waals surface area (Å²) in [5, 5.41) is 13.8. The number of β-amino-alcohol motifs (C(OH)–C–C–N with tert-alkyl or cyclic N) is 1. The van der Waals surface area contributed by atoms with Crippen LogP contribution in [0.4, 0.5) is 5.69 Å². The zero-order valence-corrected chi connectivity index (χ0v) is 13.0. The van der Waals surface area contributed by atoms with Crippen molar-refractivity contribution in [3.05, 3.63) is 27.7 Å². The Morgan fingerprint density at radius 1 is 1.42 bits per heavy atom. The van der Waals surface area contributed by atoms with Crippen LogP contribution in [0, 0.1) is 0 Å². The summed E-state index contributed by atoms with van der Waals surface area (Å²) >= 11 is 9.36. The fraction of sp³-hybridized carbons (Fsp3) is 0.538. The molecule has 1 aliphatic rings. The van der Waals surface area contributed by atoms with E-state index in [4.69, 9.17) is 16.3 Å². The van der Waals surface area contributed by atoms with Gasteiger partial charge in [0.05, 0.1) is 24.3 Å². The van der Waals surface area contributed by atoms with Crippen molar-refractivity contribution in [3.63, 3.8) is 0 Å². The molecule has 1 aliphatic heterocycles. The Morgan fingerprint density at radius 3 is 2.84 bits per heavy atom. The lowest BCUT2D eigenvalue weighted by atomic mass is 10.2. The predicted octanol–water partition coefficient (Wildman–Crippen LogP) is 2.21. The molecule has 1 aromatic carbocycles. The van der Waals surface area contributed by atoms with Crippen LogP contribution in [-0.2, 0) is 4.74 Å². The number of hydrogen-bond donors (Lipinski definition) is 2. The second-order valence-corrected chi connectivity index (χ2v) is 5.84. The van der Waals surface area contributed by atoms with E-state index in [-0.39, 0.29) is 0 Å². The summed E-state index contributed by atoms with van der Waals surface area (Å²) < 4.78 is 6.15. The van der Waals surface area contributed by atoms with Gasteiger partial charge in [-0.25, -0.2) is 0 Å². The topological polar surface area (TPSA) is 44.7 Å². The molecule has 1 heterocycles. The van der Waals surface area contributed by atoms with Crippen molar-refractivity contribution >= 4 is 33.2 Å². The van der Waals surface area contributed by atoms with E-state index in [1.165, 1.54) is 0 Å². The molecule has 4 nitrogen and oxygen atoms in total. The maximum absolute atomic E-state index is 10.00. The Bertz CT molecular complexity index is 414. The smallest absolute Gasteiger partial charge is 0.0839 e. The highest BCUT2D eigenvalue weighted by atomic mass is 79.9. The minimum Gasteiger partial charge on any atom is -0.390 e. The molecule has 1 fully saturated rings. The van der Waals surface area contributed by atoms with E-state index >= 15 is 0 Å². The van der Waals surface area contributed by atoms with Crippen molar-refractivity contribution in [3.8, 4) is 0 Å². The third-order valence-electron chi connectivity index (χ3n) is 3.03. The number of nitrogens with zero attached hydrogens (tertiary/aromatic N) is 1. The van der Waals surface area contributed by atoms with E-state index in [0.29, 0.717) is 18.1 Å². The van der Waals surface area contributed by atoms with Crippen molar-refractivity contribution in [1.82, 2.24) is 4.90 Å². The average Bonchev–Trinajstić information content (AvgIpc) is 2.41. The number of rotatable bonds is 5. The van der Waals surface area contributed by atoms with Gasteiger partial charge in [-0.1, -0.05) is 11.6 Å². The highest BCUT2D eigenvalue weighted by molar-refractivity contribution is 9.10. The van der Waals surface area contributed by atoms with Gasteiger partial charge in [0.2, 0.25) is 0 Å². The van der Waals surface area contributed by atoms with Gasteiger partial charge in [-0.2, -0.15) is 0 Å². The van der Waals surface area contributed by atoms with Crippen molar-refractivity contribution in [1.29, 1.82) is 0 Å². The molecular formula is C13H18BrClN2O2. The minimum absolute atomic E-state index is 0.402. The molecule has 19 heavy (non-hydrogen) atoms. The number of morpholine rings is 1. The van der Waals surface area contributed by atoms with Crippen LogP contribution in [0.5, 0.6) is 0 Å². The Hall–Kier alpha value is -0.330. The molecule has 0 spiro atoms. The Kier molecular flexibility index (Phi) is 5.91. The molecule has 2 N–H and O–H groups in total. The van der Waals surface area contributed by atoms with Crippen molar-refractivity contribution in [2.75, 3.05) is 44.7 Å². The van der Waals surface area contributed by atoms with E-state index in [1.807, 2.05) is 18.2 Å². The number of aliphatic hydroxyl groups is 1. The van der Waals surface area contributed by atoms with Crippen LogP contribution in [0.15, 0.2) is 22.7 Å². The summed E-state index contributed by atoms with van der Waals surface area (Å²) in [6.45, 7) is 4.46. The molecule has 0 radical (unpaired) electrons.